The molecule has 0 radical (unpaired) electrons. The van der Waals surface area contributed by atoms with Crippen LogP contribution in [0.2, 0.25) is 0 Å². The van der Waals surface area contributed by atoms with E-state index in [0.717, 1.165) is 161 Å². The second-order valence-corrected chi connectivity index (χ2v) is 32.1. The summed E-state index contributed by atoms with van der Waals surface area (Å²) in [5.41, 5.74) is 0. The van der Waals surface area contributed by atoms with Crippen molar-refractivity contribution in [2.45, 2.75) is 480 Å². The summed E-state index contributed by atoms with van der Waals surface area (Å²) in [5, 5.41) is 73.6. The van der Waals surface area contributed by atoms with Crippen molar-refractivity contribution in [1.82, 2.24) is 10.6 Å². The predicted molar refractivity (Wildman–Crippen MR) is 414 cm³/mol. The molecule has 2 aliphatic heterocycles. The molecule has 0 aromatic carbocycles. The number of phosphoric ester groups is 1. The van der Waals surface area contributed by atoms with E-state index in [0.29, 0.717) is 38.5 Å². The smallest absolute Gasteiger partial charge is 0.462 e. The van der Waals surface area contributed by atoms with Crippen molar-refractivity contribution in [2.24, 2.45) is 0 Å². The Morgan fingerprint density at radius 3 is 1.12 bits per heavy atom. The number of amides is 2. The average Bonchev–Trinajstić information content (AvgIpc) is 0.777. The lowest BCUT2D eigenvalue weighted by molar-refractivity contribution is -0.298. The number of hydrogen-bond acceptors (Lipinski definition) is 19. The number of phosphoric acid groups is 1. The maximum absolute atomic E-state index is 14.6. The Kier molecular flexibility index (Phi) is 60.4. The van der Waals surface area contributed by atoms with Crippen molar-refractivity contribution in [3.8, 4) is 0 Å². The second kappa shape index (κ2) is 64.6. The fourth-order valence-electron chi connectivity index (χ4n) is 14.5. The van der Waals surface area contributed by atoms with E-state index in [1.54, 1.807) is 0 Å². The summed E-state index contributed by atoms with van der Waals surface area (Å²) in [7, 11) is -5.56. The number of aliphatic hydroxyl groups excluding tert-OH is 6. The maximum atomic E-state index is 14.6. The molecule has 0 saturated carbocycles. The highest BCUT2D eigenvalue weighted by atomic mass is 31.2. The zero-order valence-corrected chi connectivity index (χ0v) is 67.8. The molecule has 0 aromatic heterocycles. The highest BCUT2D eigenvalue weighted by Crippen LogP contribution is 2.43. The third-order valence-corrected chi connectivity index (χ3v) is 21.4. The van der Waals surface area contributed by atoms with Gasteiger partial charge in [0.05, 0.1) is 57.2 Å². The molecule has 2 heterocycles. The van der Waals surface area contributed by atoms with Crippen LogP contribution in [0.3, 0.4) is 0 Å². The molecule has 0 spiro atoms. The number of aliphatic hydroxyl groups is 6. The first-order valence-electron chi connectivity index (χ1n) is 43.0. The SMILES string of the molecule is CCCCCCCCCCCCCC(=O)O[C@H](CCCCCCCCCCC)CC(=O)O[C@@H]1C(NC(=O)C[C@H](O)CCCCCCCCCCC)[C@H](OCC2O[C@H](O)C(NC(=O)C[C@H](O)CCCCCCCCCCC)[C@@H](OC(=O)C[C@H](O)CCCCCCCCCCC)[C@@H]2O)OC(CO)[C@H]1OP(=O)(O)O. The van der Waals surface area contributed by atoms with Crippen LogP contribution in [-0.4, -0.2) is 169 Å². The van der Waals surface area contributed by atoms with Gasteiger partial charge in [-0.25, -0.2) is 4.57 Å². The number of hydrogen-bond donors (Lipinski definition) is 10. The highest BCUT2D eigenvalue weighted by molar-refractivity contribution is 7.46. The molecule has 23 nitrogen and oxygen atoms in total. The molecule has 624 valence electrons. The molecule has 4 unspecified atom stereocenters. The summed E-state index contributed by atoms with van der Waals surface area (Å²) in [4.78, 5) is 91.0. The molecule has 106 heavy (non-hydrogen) atoms. The van der Waals surface area contributed by atoms with Gasteiger partial charge in [0, 0.05) is 6.42 Å². The van der Waals surface area contributed by atoms with Crippen molar-refractivity contribution >= 4 is 37.5 Å². The molecule has 14 atom stereocenters. The molecule has 0 aliphatic carbocycles. The Labute approximate surface area is 640 Å². The molecule has 0 aromatic rings. The molecule has 24 heteroatoms. The first-order valence-corrected chi connectivity index (χ1v) is 44.6. The highest BCUT2D eigenvalue weighted by Gasteiger charge is 2.54. The van der Waals surface area contributed by atoms with E-state index in [1.165, 1.54) is 109 Å². The van der Waals surface area contributed by atoms with Crippen LogP contribution < -0.4 is 10.6 Å². The van der Waals surface area contributed by atoms with Gasteiger partial charge in [-0.3, -0.25) is 28.5 Å². The van der Waals surface area contributed by atoms with E-state index >= 15 is 0 Å². The quantitative estimate of drug-likeness (QED) is 0.0117. The minimum atomic E-state index is -5.56. The predicted octanol–water partition coefficient (Wildman–Crippen LogP) is 16.0. The van der Waals surface area contributed by atoms with Gasteiger partial charge >= 0.3 is 25.7 Å². The summed E-state index contributed by atoms with van der Waals surface area (Å²) < 4.78 is 54.6. The number of esters is 3. The van der Waals surface area contributed by atoms with Crippen LogP contribution in [0.15, 0.2) is 0 Å². The largest absolute Gasteiger partial charge is 0.470 e. The van der Waals surface area contributed by atoms with Gasteiger partial charge < -0.3 is 79.5 Å². The normalized spacial score (nSPS) is 21.6. The van der Waals surface area contributed by atoms with Crippen LogP contribution in [0.5, 0.6) is 0 Å². The van der Waals surface area contributed by atoms with E-state index in [1.807, 2.05) is 0 Å². The number of ether oxygens (including phenoxy) is 6. The Hall–Kier alpha value is -2.90. The van der Waals surface area contributed by atoms with E-state index < -0.39 is 162 Å². The van der Waals surface area contributed by atoms with Crippen LogP contribution in [-0.2, 0) is 61.5 Å². The average molecular weight is 1540 g/mol. The number of nitrogens with one attached hydrogen (secondary N) is 2. The van der Waals surface area contributed by atoms with E-state index in [2.05, 4.69) is 45.3 Å². The fourth-order valence-corrected chi connectivity index (χ4v) is 15.0. The van der Waals surface area contributed by atoms with Crippen LogP contribution in [0.4, 0.5) is 0 Å². The van der Waals surface area contributed by atoms with Gasteiger partial charge in [0.25, 0.3) is 0 Å². The van der Waals surface area contributed by atoms with E-state index in [9.17, 15) is 69.0 Å². The molecular formula is C82H155N2O21P. The summed E-state index contributed by atoms with van der Waals surface area (Å²) in [6.07, 6.45) is 29.1. The molecule has 0 bridgehead atoms. The lowest BCUT2D eigenvalue weighted by Gasteiger charge is -2.46. The minimum Gasteiger partial charge on any atom is -0.462 e. The summed E-state index contributed by atoms with van der Waals surface area (Å²) in [5.74, 6) is -4.08. The van der Waals surface area contributed by atoms with Gasteiger partial charge in [-0.05, 0) is 38.5 Å². The van der Waals surface area contributed by atoms with Crippen LogP contribution in [0.1, 0.15) is 394 Å². The molecule has 2 aliphatic rings. The third-order valence-electron chi connectivity index (χ3n) is 20.9. The monoisotopic (exact) mass is 1540 g/mol. The van der Waals surface area contributed by atoms with Gasteiger partial charge in [0.2, 0.25) is 11.8 Å². The lowest BCUT2D eigenvalue weighted by atomic mass is 9.95. The standard InChI is InChI=1S/C82H155N2O21P/c1-6-11-16-21-26-31-32-37-42-47-52-57-72(91)100-67(56-51-46-41-36-30-25-20-15-10-5)61-74(93)104-80-76(84-71(90)59-65(87)54-49-44-39-34-28-23-18-13-8-3)82(102-68(62-85)78(80)105-106(96,97)98)99-63-69-77(94)79(103-73(92)60-66(88)55-50-45-40-35-29-24-19-14-9-4)75(81(95)101-69)83-70(89)58-64(86)53-48-43-38-33-27-22-17-12-7-2/h64-69,75-82,85-88,94-95H,6-63H2,1-5H3,(H,83,89)(H,84,90)(H2,96,97,98)/t64-,65-,66-,67-,68?,69?,75?,76?,77-,78-,79-,80-,81+,82-/m1/s1. The summed E-state index contributed by atoms with van der Waals surface area (Å²) in [6.45, 7) is 9.06. The Balaban J connectivity index is 2.55. The maximum Gasteiger partial charge on any atom is 0.470 e. The fraction of sp³-hybridized carbons (Fsp3) is 0.939. The van der Waals surface area contributed by atoms with Gasteiger partial charge in [-0.2, -0.15) is 0 Å². The summed E-state index contributed by atoms with van der Waals surface area (Å²) >= 11 is 0. The molecule has 2 saturated heterocycles. The number of rotatable bonds is 71. The zero-order valence-electron chi connectivity index (χ0n) is 66.9. The minimum absolute atomic E-state index is 0.121. The number of carbonyl (C=O) groups is 5. The third kappa shape index (κ3) is 50.2. The first kappa shape index (κ1) is 99.2. The summed E-state index contributed by atoms with van der Waals surface area (Å²) in [6, 6.07) is -3.41. The first-order chi connectivity index (χ1) is 51.2. The van der Waals surface area contributed by atoms with Gasteiger partial charge in [0.15, 0.2) is 24.8 Å². The molecule has 10 N–H and O–H groups in total. The topological polar surface area (TPSA) is 353 Å². The zero-order chi connectivity index (χ0) is 77.8. The lowest BCUT2D eigenvalue weighted by Crippen LogP contribution is -2.68. The molecule has 2 fully saturated rings. The Morgan fingerprint density at radius 1 is 0.396 bits per heavy atom. The number of unbranched alkanes of at least 4 members (excludes halogenated alkanes) is 42. The van der Waals surface area contributed by atoms with Crippen molar-refractivity contribution < 1.29 is 102 Å². The molecular weight excluding hydrogens is 1380 g/mol. The van der Waals surface area contributed by atoms with Gasteiger partial charge in [0.1, 0.15) is 42.6 Å². The molecule has 2 rings (SSSR count). The van der Waals surface area contributed by atoms with Crippen LogP contribution >= 0.6 is 7.82 Å². The van der Waals surface area contributed by atoms with Crippen LogP contribution in [0, 0.1) is 0 Å². The number of carbonyl (C=O) groups excluding carboxylic acids is 5. The van der Waals surface area contributed by atoms with Crippen molar-refractivity contribution in [3.63, 3.8) is 0 Å². The van der Waals surface area contributed by atoms with Crippen molar-refractivity contribution in [3.05, 3.63) is 0 Å². The van der Waals surface area contributed by atoms with Crippen molar-refractivity contribution in [1.29, 1.82) is 0 Å². The Bertz CT molecular complexity index is 2220. The van der Waals surface area contributed by atoms with Gasteiger partial charge in [-0.15, -0.1) is 0 Å². The van der Waals surface area contributed by atoms with E-state index in [-0.39, 0.29) is 25.7 Å². The van der Waals surface area contributed by atoms with Gasteiger partial charge in [-0.1, -0.05) is 324 Å². The Morgan fingerprint density at radius 2 is 0.736 bits per heavy atom. The van der Waals surface area contributed by atoms with E-state index in [4.69, 9.17) is 32.9 Å². The second-order valence-electron chi connectivity index (χ2n) is 30.9. The van der Waals surface area contributed by atoms with Crippen molar-refractivity contribution in [2.75, 3.05) is 13.2 Å². The van der Waals surface area contributed by atoms with Crippen LogP contribution in [0.25, 0.3) is 0 Å². The molecule has 2 amide bonds.